The number of carboxylic acid groups (broad SMARTS) is 1. The number of carbonyl (C=O) groups excluding carboxylic acids is 3. The Morgan fingerprint density at radius 2 is 1.08 bits per heavy atom. The van der Waals surface area contributed by atoms with Gasteiger partial charge in [-0.3, -0.25) is 4.79 Å². The van der Waals surface area contributed by atoms with Crippen molar-refractivity contribution in [3.8, 4) is 0 Å². The Kier molecular flexibility index (Phi) is 12.5. The molecule has 262 valence electrons. The summed E-state index contributed by atoms with van der Waals surface area (Å²) in [6, 6.07) is 3.70. The van der Waals surface area contributed by atoms with Crippen LogP contribution in [0.2, 0.25) is 0 Å². The third kappa shape index (κ3) is 10.9. The molecule has 0 aromatic carbocycles. The van der Waals surface area contributed by atoms with Gasteiger partial charge in [-0.1, -0.05) is 25.0 Å². The van der Waals surface area contributed by atoms with E-state index in [9.17, 15) is 19.2 Å². The number of aromatic carboxylic acids is 1. The smallest absolute Gasteiger partial charge is 0.410 e. The molecule has 3 aliphatic rings. The van der Waals surface area contributed by atoms with Crippen molar-refractivity contribution >= 4 is 57.9 Å². The fourth-order valence-corrected chi connectivity index (χ4v) is 7.37. The molecule has 5 heterocycles. The Hall–Kier alpha value is -3.64. The van der Waals surface area contributed by atoms with E-state index in [0.717, 1.165) is 53.2 Å². The zero-order chi connectivity index (χ0) is 35.1. The van der Waals surface area contributed by atoms with Crippen LogP contribution in [0.5, 0.6) is 0 Å². The number of carboxylic acids is 1. The zero-order valence-corrected chi connectivity index (χ0v) is 30.6. The molecule has 0 spiro atoms. The van der Waals surface area contributed by atoms with Gasteiger partial charge in [0.1, 0.15) is 11.2 Å². The molecule has 0 saturated carbocycles. The molecule has 0 atom stereocenters. The van der Waals surface area contributed by atoms with Gasteiger partial charge >= 0.3 is 18.2 Å². The van der Waals surface area contributed by atoms with Crippen molar-refractivity contribution < 1.29 is 33.8 Å². The molecule has 1 N–H and O–H groups in total. The van der Waals surface area contributed by atoms with E-state index in [-0.39, 0.29) is 18.1 Å². The molecule has 0 unspecified atom stereocenters. The van der Waals surface area contributed by atoms with E-state index in [0.29, 0.717) is 38.2 Å². The highest BCUT2D eigenvalue weighted by atomic mass is 32.1. The number of hydrogen-bond acceptors (Lipinski definition) is 8. The first-order chi connectivity index (χ1) is 22.6. The SMILES string of the molecule is CC(C)(C)OC(=O)N1CC=C(c2cc(C(=O)N3CCCCCC3)cs2)CC1.CC(C)(C)OC(=O)N1CC=C(c2cc(C(=O)O)cs2)CC1. The number of thiophene rings is 2. The maximum atomic E-state index is 12.8. The lowest BCUT2D eigenvalue weighted by Gasteiger charge is -2.29. The summed E-state index contributed by atoms with van der Waals surface area (Å²) in [5.41, 5.74) is 2.45. The summed E-state index contributed by atoms with van der Waals surface area (Å²) in [5, 5.41) is 12.6. The molecule has 0 aliphatic carbocycles. The van der Waals surface area contributed by atoms with Gasteiger partial charge in [-0.25, -0.2) is 14.4 Å². The van der Waals surface area contributed by atoms with Crippen LogP contribution in [0.1, 0.15) is 111 Å². The van der Waals surface area contributed by atoms with E-state index in [1.165, 1.54) is 29.8 Å². The maximum Gasteiger partial charge on any atom is 0.410 e. The Balaban J connectivity index is 0.000000224. The first-order valence-corrected chi connectivity index (χ1v) is 18.4. The summed E-state index contributed by atoms with van der Waals surface area (Å²) in [5.74, 6) is -0.754. The van der Waals surface area contributed by atoms with Crippen LogP contribution in [0.15, 0.2) is 35.0 Å². The highest BCUT2D eigenvalue weighted by molar-refractivity contribution is 7.11. The van der Waals surface area contributed by atoms with E-state index in [1.807, 2.05) is 64.0 Å². The minimum Gasteiger partial charge on any atom is -0.478 e. The summed E-state index contributed by atoms with van der Waals surface area (Å²) in [6.07, 6.45) is 9.62. The Morgan fingerprint density at radius 1 is 0.646 bits per heavy atom. The summed E-state index contributed by atoms with van der Waals surface area (Å²) in [7, 11) is 0. The standard InChI is InChI=1S/C21H30N2O3S.C15H19NO4S/c1-21(2,3)26-20(25)23-12-8-16(9-13-23)18-14-17(15-27-18)19(24)22-10-6-4-5-7-11-22;1-15(2,3)20-14(19)16-6-4-10(5-7-16)12-8-11(9-21-12)13(17)18/h8,14-15H,4-7,9-13H2,1-3H3;4,8-9H,5-7H2,1-3H3,(H,17,18). The molecule has 10 nitrogen and oxygen atoms in total. The fourth-order valence-electron chi connectivity index (χ4n) is 5.46. The van der Waals surface area contributed by atoms with Crippen molar-refractivity contribution in [1.29, 1.82) is 0 Å². The number of carbonyl (C=O) groups is 4. The van der Waals surface area contributed by atoms with Crippen LogP contribution in [0.4, 0.5) is 9.59 Å². The molecule has 1 fully saturated rings. The van der Waals surface area contributed by atoms with Crippen LogP contribution in [0.3, 0.4) is 0 Å². The van der Waals surface area contributed by atoms with Crippen LogP contribution in [0, 0.1) is 0 Å². The minimum atomic E-state index is -0.913. The topological polar surface area (TPSA) is 117 Å². The molecule has 12 heteroatoms. The monoisotopic (exact) mass is 699 g/mol. The van der Waals surface area contributed by atoms with Gasteiger partial charge in [0.05, 0.1) is 11.1 Å². The Labute approximate surface area is 292 Å². The number of hydrogen-bond donors (Lipinski definition) is 1. The number of nitrogens with zero attached hydrogens (tertiary/aromatic N) is 3. The molecule has 0 radical (unpaired) electrons. The normalized spacial score (nSPS) is 17.3. The van der Waals surface area contributed by atoms with E-state index in [2.05, 4.69) is 6.08 Å². The minimum absolute atomic E-state index is 0.159. The number of likely N-dealkylation sites (tertiary alicyclic amines) is 1. The van der Waals surface area contributed by atoms with Crippen LogP contribution in [-0.4, -0.2) is 94.3 Å². The van der Waals surface area contributed by atoms with Gasteiger partial charge in [-0.15, -0.1) is 22.7 Å². The molecule has 1 saturated heterocycles. The van der Waals surface area contributed by atoms with E-state index >= 15 is 0 Å². The van der Waals surface area contributed by atoms with Crippen molar-refractivity contribution in [2.24, 2.45) is 0 Å². The van der Waals surface area contributed by atoms with Crippen molar-refractivity contribution in [2.75, 3.05) is 39.3 Å². The van der Waals surface area contributed by atoms with Gasteiger partial charge in [-0.2, -0.15) is 0 Å². The largest absolute Gasteiger partial charge is 0.478 e. The molecule has 0 bridgehead atoms. The lowest BCUT2D eigenvalue weighted by Crippen LogP contribution is -2.39. The van der Waals surface area contributed by atoms with Crippen molar-refractivity contribution in [3.63, 3.8) is 0 Å². The van der Waals surface area contributed by atoms with Gasteiger partial charge in [-0.05, 0) is 90.5 Å². The molecule has 5 rings (SSSR count). The summed E-state index contributed by atoms with van der Waals surface area (Å²) in [6.45, 7) is 15.2. The number of amides is 3. The maximum absolute atomic E-state index is 12.8. The average Bonchev–Trinajstić information content (AvgIpc) is 3.65. The molecule has 2 aromatic rings. The van der Waals surface area contributed by atoms with Crippen molar-refractivity contribution in [3.05, 3.63) is 55.9 Å². The number of ether oxygens (including phenoxy) is 2. The lowest BCUT2D eigenvalue weighted by molar-refractivity contribution is 0.0260. The van der Waals surface area contributed by atoms with E-state index < -0.39 is 17.2 Å². The van der Waals surface area contributed by atoms with Crippen LogP contribution in [0.25, 0.3) is 11.1 Å². The summed E-state index contributed by atoms with van der Waals surface area (Å²) in [4.78, 5) is 55.3. The molecular weight excluding hydrogens is 651 g/mol. The lowest BCUT2D eigenvalue weighted by atomic mass is 10.1. The van der Waals surface area contributed by atoms with Gasteiger partial charge in [0.25, 0.3) is 5.91 Å². The Bertz CT molecular complexity index is 1520. The third-order valence-electron chi connectivity index (χ3n) is 7.94. The first-order valence-electron chi connectivity index (χ1n) is 16.6. The highest BCUT2D eigenvalue weighted by Crippen LogP contribution is 2.30. The van der Waals surface area contributed by atoms with Crippen molar-refractivity contribution in [1.82, 2.24) is 14.7 Å². The van der Waals surface area contributed by atoms with E-state index in [4.69, 9.17) is 14.6 Å². The molecule has 3 aliphatic heterocycles. The molecule has 48 heavy (non-hydrogen) atoms. The first kappa shape index (κ1) is 37.2. The van der Waals surface area contributed by atoms with Crippen LogP contribution in [-0.2, 0) is 9.47 Å². The second-order valence-corrected chi connectivity index (χ2v) is 16.0. The number of rotatable bonds is 4. The van der Waals surface area contributed by atoms with Crippen LogP contribution >= 0.6 is 22.7 Å². The quantitative estimate of drug-likeness (QED) is 0.342. The second kappa shape index (κ2) is 16.2. The predicted molar refractivity (Wildman–Crippen MR) is 191 cm³/mol. The fraction of sp³-hybridized carbons (Fsp3) is 0.556. The third-order valence-corrected chi connectivity index (χ3v) is 9.95. The zero-order valence-electron chi connectivity index (χ0n) is 29.0. The van der Waals surface area contributed by atoms with Crippen LogP contribution < -0.4 is 0 Å². The summed E-state index contributed by atoms with van der Waals surface area (Å²) < 4.78 is 10.8. The summed E-state index contributed by atoms with van der Waals surface area (Å²) >= 11 is 3.04. The average molecular weight is 700 g/mol. The van der Waals surface area contributed by atoms with Gasteiger partial charge in [0.15, 0.2) is 0 Å². The second-order valence-electron chi connectivity index (χ2n) is 14.2. The van der Waals surface area contributed by atoms with Crippen molar-refractivity contribution in [2.45, 2.75) is 91.3 Å². The van der Waals surface area contributed by atoms with Gasteiger partial charge < -0.3 is 29.3 Å². The van der Waals surface area contributed by atoms with E-state index in [1.54, 1.807) is 32.6 Å². The Morgan fingerprint density at radius 3 is 1.46 bits per heavy atom. The van der Waals surface area contributed by atoms with Gasteiger partial charge in [0.2, 0.25) is 0 Å². The predicted octanol–water partition coefficient (Wildman–Crippen LogP) is 8.26. The molecule has 2 aromatic heterocycles. The van der Waals surface area contributed by atoms with Gasteiger partial charge in [0, 0.05) is 59.8 Å². The molecule has 3 amide bonds. The molecular formula is C36H49N3O7S2. The highest BCUT2D eigenvalue weighted by Gasteiger charge is 2.26.